The van der Waals surface area contributed by atoms with Gasteiger partial charge in [-0.05, 0) is 73.7 Å². The van der Waals surface area contributed by atoms with Gasteiger partial charge in [-0.3, -0.25) is 0 Å². The number of aryl methyl sites for hydroxylation is 1. The summed E-state index contributed by atoms with van der Waals surface area (Å²) in [6.45, 7) is 8.62. The molecule has 108 valence electrons. The maximum atomic E-state index is 6.40. The average molecular weight is 310 g/mol. The lowest BCUT2D eigenvalue weighted by Gasteiger charge is -2.41. The standard InChI is InChI=1S/C17H21Cl2N/c1-10-3-16(18)15(17(19)4-10)7-13-5-12-6-14(11(13)2)9-20-8-12/h3-4,12-14,20H,2,5-9H2,1H3. The second kappa shape index (κ2) is 5.71. The highest BCUT2D eigenvalue weighted by atomic mass is 35.5. The van der Waals surface area contributed by atoms with E-state index >= 15 is 0 Å². The molecule has 1 saturated heterocycles. The molecule has 2 aliphatic rings. The van der Waals surface area contributed by atoms with Gasteiger partial charge in [0.25, 0.3) is 0 Å². The van der Waals surface area contributed by atoms with E-state index in [-0.39, 0.29) is 0 Å². The van der Waals surface area contributed by atoms with E-state index in [0.29, 0.717) is 11.8 Å². The lowest BCUT2D eigenvalue weighted by Crippen LogP contribution is -2.43. The Labute approximate surface area is 131 Å². The summed E-state index contributed by atoms with van der Waals surface area (Å²) in [6, 6.07) is 4.02. The van der Waals surface area contributed by atoms with Crippen molar-refractivity contribution in [2.24, 2.45) is 17.8 Å². The van der Waals surface area contributed by atoms with Crippen molar-refractivity contribution in [3.05, 3.63) is 45.5 Å². The molecule has 1 aromatic rings. The quantitative estimate of drug-likeness (QED) is 0.784. The van der Waals surface area contributed by atoms with E-state index in [4.69, 9.17) is 23.2 Å². The van der Waals surface area contributed by atoms with Gasteiger partial charge in [0.1, 0.15) is 0 Å². The fourth-order valence-electron chi connectivity index (χ4n) is 3.77. The van der Waals surface area contributed by atoms with Gasteiger partial charge in [0, 0.05) is 16.6 Å². The number of piperidine rings is 1. The van der Waals surface area contributed by atoms with Crippen LogP contribution in [0.2, 0.25) is 10.0 Å². The van der Waals surface area contributed by atoms with Crippen molar-refractivity contribution in [2.75, 3.05) is 13.1 Å². The van der Waals surface area contributed by atoms with Crippen LogP contribution < -0.4 is 5.32 Å². The van der Waals surface area contributed by atoms with Crippen LogP contribution in [0.4, 0.5) is 0 Å². The second-order valence-corrected chi connectivity index (χ2v) is 7.19. The van der Waals surface area contributed by atoms with Gasteiger partial charge in [0.05, 0.1) is 0 Å². The summed E-state index contributed by atoms with van der Waals surface area (Å²) < 4.78 is 0. The lowest BCUT2D eigenvalue weighted by molar-refractivity contribution is 0.215. The first-order valence-electron chi connectivity index (χ1n) is 7.38. The molecule has 1 heterocycles. The fraction of sp³-hybridized carbons (Fsp3) is 0.529. The molecule has 3 unspecified atom stereocenters. The molecular weight excluding hydrogens is 289 g/mol. The smallest absolute Gasteiger partial charge is 0.0455 e. The Hall–Kier alpha value is -0.500. The second-order valence-electron chi connectivity index (χ2n) is 6.38. The first-order chi connectivity index (χ1) is 9.54. The van der Waals surface area contributed by atoms with E-state index in [9.17, 15) is 0 Å². The summed E-state index contributed by atoms with van der Waals surface area (Å²) in [4.78, 5) is 0. The molecule has 0 radical (unpaired) electrons. The van der Waals surface area contributed by atoms with E-state index in [0.717, 1.165) is 46.6 Å². The molecule has 20 heavy (non-hydrogen) atoms. The van der Waals surface area contributed by atoms with E-state index in [1.807, 2.05) is 19.1 Å². The third-order valence-electron chi connectivity index (χ3n) is 4.84. The summed E-state index contributed by atoms with van der Waals surface area (Å²) in [5, 5.41) is 5.12. The minimum Gasteiger partial charge on any atom is -0.316 e. The highest BCUT2D eigenvalue weighted by Crippen LogP contribution is 2.41. The van der Waals surface area contributed by atoms with Crippen molar-refractivity contribution in [3.63, 3.8) is 0 Å². The normalized spacial score (nSPS) is 29.6. The molecule has 3 atom stereocenters. The summed E-state index contributed by atoms with van der Waals surface area (Å²) in [6.07, 6.45) is 3.45. The Morgan fingerprint density at radius 3 is 2.60 bits per heavy atom. The monoisotopic (exact) mass is 309 g/mol. The highest BCUT2D eigenvalue weighted by Gasteiger charge is 2.34. The number of benzene rings is 1. The Bertz CT molecular complexity index is 515. The molecule has 3 heteroatoms. The van der Waals surface area contributed by atoms with E-state index in [2.05, 4.69) is 11.9 Å². The third kappa shape index (κ3) is 2.77. The molecule has 1 aliphatic carbocycles. The third-order valence-corrected chi connectivity index (χ3v) is 5.52. The average Bonchev–Trinajstić information content (AvgIpc) is 2.39. The number of rotatable bonds is 2. The van der Waals surface area contributed by atoms with Crippen molar-refractivity contribution in [3.8, 4) is 0 Å². The molecule has 3 rings (SSSR count). The summed E-state index contributed by atoms with van der Waals surface area (Å²) in [7, 11) is 0. The fourth-order valence-corrected chi connectivity index (χ4v) is 4.52. The van der Waals surface area contributed by atoms with Crippen LogP contribution in [0.25, 0.3) is 0 Å². The van der Waals surface area contributed by atoms with Crippen molar-refractivity contribution < 1.29 is 0 Å². The molecule has 0 amide bonds. The van der Waals surface area contributed by atoms with Crippen molar-refractivity contribution in [2.45, 2.75) is 26.2 Å². The molecule has 1 saturated carbocycles. The van der Waals surface area contributed by atoms with Gasteiger partial charge in [0.15, 0.2) is 0 Å². The first kappa shape index (κ1) is 14.4. The Morgan fingerprint density at radius 1 is 1.20 bits per heavy atom. The number of fused-ring (bicyclic) bond motifs is 2. The molecule has 1 aromatic carbocycles. The summed E-state index contributed by atoms with van der Waals surface area (Å²) in [5.41, 5.74) is 3.60. The van der Waals surface area contributed by atoms with Crippen molar-refractivity contribution >= 4 is 23.2 Å². The van der Waals surface area contributed by atoms with Gasteiger partial charge in [0.2, 0.25) is 0 Å². The van der Waals surface area contributed by atoms with E-state index < -0.39 is 0 Å². The van der Waals surface area contributed by atoms with E-state index in [1.54, 1.807) is 0 Å². The van der Waals surface area contributed by atoms with Crippen LogP contribution in [0.15, 0.2) is 24.3 Å². The molecule has 1 nitrogen and oxygen atoms in total. The van der Waals surface area contributed by atoms with E-state index in [1.165, 1.54) is 18.4 Å². The maximum absolute atomic E-state index is 6.40. The largest absolute Gasteiger partial charge is 0.316 e. The van der Waals surface area contributed by atoms with Gasteiger partial charge >= 0.3 is 0 Å². The van der Waals surface area contributed by atoms with Crippen LogP contribution in [0.5, 0.6) is 0 Å². The van der Waals surface area contributed by atoms with Crippen LogP contribution in [0, 0.1) is 24.7 Å². The molecule has 0 aromatic heterocycles. The Morgan fingerprint density at radius 2 is 1.90 bits per heavy atom. The molecule has 2 fully saturated rings. The highest BCUT2D eigenvalue weighted by molar-refractivity contribution is 6.36. The zero-order valence-electron chi connectivity index (χ0n) is 11.9. The van der Waals surface area contributed by atoms with Crippen LogP contribution in [-0.4, -0.2) is 13.1 Å². The first-order valence-corrected chi connectivity index (χ1v) is 8.14. The SMILES string of the molecule is C=C1C2CNCC(C2)CC1Cc1c(Cl)cc(C)cc1Cl. The molecule has 1 aliphatic heterocycles. The van der Waals surface area contributed by atoms with Crippen LogP contribution in [-0.2, 0) is 6.42 Å². The molecule has 0 spiro atoms. The van der Waals surface area contributed by atoms with Gasteiger partial charge in [-0.1, -0.05) is 35.4 Å². The van der Waals surface area contributed by atoms with Gasteiger partial charge in [-0.15, -0.1) is 0 Å². The van der Waals surface area contributed by atoms with Crippen LogP contribution >= 0.6 is 23.2 Å². The summed E-state index contributed by atoms with van der Waals surface area (Å²) >= 11 is 12.8. The zero-order valence-corrected chi connectivity index (χ0v) is 13.4. The van der Waals surface area contributed by atoms with Crippen LogP contribution in [0.3, 0.4) is 0 Å². The van der Waals surface area contributed by atoms with Gasteiger partial charge in [-0.25, -0.2) is 0 Å². The predicted molar refractivity (Wildman–Crippen MR) is 86.6 cm³/mol. The lowest BCUT2D eigenvalue weighted by atomic mass is 9.68. The Balaban J connectivity index is 1.82. The molecule has 2 bridgehead atoms. The molecular formula is C17H21Cl2N. The predicted octanol–water partition coefficient (Wildman–Crippen LogP) is 4.65. The zero-order chi connectivity index (χ0) is 14.3. The minimum absolute atomic E-state index is 0.526. The number of hydrogen-bond donors (Lipinski definition) is 1. The minimum atomic E-state index is 0.526. The number of nitrogens with one attached hydrogen (secondary N) is 1. The topological polar surface area (TPSA) is 12.0 Å². The Kier molecular flexibility index (Phi) is 4.12. The number of hydrogen-bond acceptors (Lipinski definition) is 1. The molecule has 1 N–H and O–H groups in total. The van der Waals surface area contributed by atoms with Gasteiger partial charge in [-0.2, -0.15) is 0 Å². The van der Waals surface area contributed by atoms with Gasteiger partial charge < -0.3 is 5.32 Å². The maximum Gasteiger partial charge on any atom is 0.0455 e. The summed E-state index contributed by atoms with van der Waals surface area (Å²) in [5.74, 6) is 1.95. The van der Waals surface area contributed by atoms with Crippen molar-refractivity contribution in [1.29, 1.82) is 0 Å². The number of halogens is 2. The van der Waals surface area contributed by atoms with Crippen molar-refractivity contribution in [1.82, 2.24) is 5.32 Å². The van der Waals surface area contributed by atoms with Crippen LogP contribution in [0.1, 0.15) is 24.0 Å².